The molecule has 0 atom stereocenters. The van der Waals surface area contributed by atoms with Crippen LogP contribution in [-0.2, 0) is 19.3 Å². The molecule has 4 rings (SSSR count). The van der Waals surface area contributed by atoms with Gasteiger partial charge >= 0.3 is 0 Å². The van der Waals surface area contributed by atoms with Crippen LogP contribution in [0.1, 0.15) is 30.0 Å². The summed E-state index contributed by atoms with van der Waals surface area (Å²) in [7, 11) is 0. The maximum Gasteiger partial charge on any atom is 0.145 e. The predicted octanol–water partition coefficient (Wildman–Crippen LogP) is 8.32. The lowest BCUT2D eigenvalue weighted by Gasteiger charge is -2.10. The van der Waals surface area contributed by atoms with Crippen LogP contribution >= 0.6 is 11.6 Å². The summed E-state index contributed by atoms with van der Waals surface area (Å²) in [4.78, 5) is 0. The van der Waals surface area contributed by atoms with Crippen molar-refractivity contribution in [3.8, 4) is 11.1 Å². The highest BCUT2D eigenvalue weighted by Gasteiger charge is 2.15. The first-order valence-corrected chi connectivity index (χ1v) is 10.8. The normalized spacial score (nSPS) is 11.3. The van der Waals surface area contributed by atoms with Crippen LogP contribution in [0.3, 0.4) is 0 Å². The van der Waals surface area contributed by atoms with Crippen LogP contribution in [0.25, 0.3) is 21.9 Å². The molecule has 4 heteroatoms. The van der Waals surface area contributed by atoms with Gasteiger partial charge in [-0.1, -0.05) is 79.5 Å². The summed E-state index contributed by atoms with van der Waals surface area (Å²) in [5.41, 5.74) is 3.99. The van der Waals surface area contributed by atoms with E-state index < -0.39 is 22.5 Å². The summed E-state index contributed by atoms with van der Waals surface area (Å²) in [6, 6.07) is 19.7. The molecule has 0 bridgehead atoms. The minimum absolute atomic E-state index is 0.120. The van der Waals surface area contributed by atoms with Crippen molar-refractivity contribution in [1.29, 1.82) is 0 Å². The summed E-state index contributed by atoms with van der Waals surface area (Å²) in [5.74, 6) is -2.32. The lowest BCUT2D eigenvalue weighted by molar-refractivity contribution is 0.584. The van der Waals surface area contributed by atoms with Crippen molar-refractivity contribution in [2.24, 2.45) is 0 Å². The standard InChI is InChI=1S/C27H22ClF3/c1-2-3-17-4-6-18(7-5-17)8-9-19-10-12-22-20(14-19)11-13-23(27(22)31)21-15-24(29)26(28)25(30)16-21/h4-7,10-16H,2-3,8-9H2,1H3. The smallest absolute Gasteiger partial charge is 0.145 e. The quantitative estimate of drug-likeness (QED) is 0.265. The van der Waals surface area contributed by atoms with E-state index in [1.165, 1.54) is 11.1 Å². The lowest BCUT2D eigenvalue weighted by Crippen LogP contribution is -1.94. The van der Waals surface area contributed by atoms with Crippen LogP contribution in [0.2, 0.25) is 5.02 Å². The molecule has 31 heavy (non-hydrogen) atoms. The van der Waals surface area contributed by atoms with E-state index in [0.717, 1.165) is 48.8 Å². The Balaban J connectivity index is 1.57. The predicted molar refractivity (Wildman–Crippen MR) is 122 cm³/mol. The van der Waals surface area contributed by atoms with Gasteiger partial charge in [-0.15, -0.1) is 0 Å². The van der Waals surface area contributed by atoms with Gasteiger partial charge in [0.2, 0.25) is 0 Å². The maximum absolute atomic E-state index is 15.1. The monoisotopic (exact) mass is 438 g/mol. The van der Waals surface area contributed by atoms with E-state index in [2.05, 4.69) is 31.2 Å². The van der Waals surface area contributed by atoms with Crippen molar-refractivity contribution in [1.82, 2.24) is 0 Å². The number of hydrogen-bond acceptors (Lipinski definition) is 0. The van der Waals surface area contributed by atoms with Crippen molar-refractivity contribution in [3.63, 3.8) is 0 Å². The van der Waals surface area contributed by atoms with E-state index in [1.807, 2.05) is 12.1 Å². The molecule has 0 N–H and O–H groups in total. The van der Waals surface area contributed by atoms with Crippen LogP contribution in [0.4, 0.5) is 13.2 Å². The Labute approximate surface area is 185 Å². The molecule has 0 amide bonds. The van der Waals surface area contributed by atoms with Crippen LogP contribution in [0.15, 0.2) is 66.7 Å². The molecule has 158 valence electrons. The number of hydrogen-bond donors (Lipinski definition) is 0. The average molecular weight is 439 g/mol. The molecule has 0 spiro atoms. The molecule has 0 aromatic heterocycles. The van der Waals surface area contributed by atoms with E-state index in [4.69, 9.17) is 11.6 Å². The Bertz CT molecular complexity index is 1210. The van der Waals surface area contributed by atoms with E-state index in [1.54, 1.807) is 18.2 Å². The van der Waals surface area contributed by atoms with E-state index in [9.17, 15) is 8.78 Å². The van der Waals surface area contributed by atoms with Crippen LogP contribution in [0, 0.1) is 17.5 Å². The van der Waals surface area contributed by atoms with Gasteiger partial charge in [0.1, 0.15) is 22.5 Å². The summed E-state index contributed by atoms with van der Waals surface area (Å²) in [6.07, 6.45) is 3.98. The summed E-state index contributed by atoms with van der Waals surface area (Å²) < 4.78 is 42.8. The van der Waals surface area contributed by atoms with Gasteiger partial charge in [-0.3, -0.25) is 0 Å². The first kappa shape index (κ1) is 21.5. The van der Waals surface area contributed by atoms with Gasteiger partial charge in [0, 0.05) is 10.9 Å². The van der Waals surface area contributed by atoms with E-state index >= 15 is 4.39 Å². The van der Waals surface area contributed by atoms with Crippen molar-refractivity contribution < 1.29 is 13.2 Å². The molecular formula is C27H22ClF3. The Morgan fingerprint density at radius 3 is 1.90 bits per heavy atom. The molecule has 4 aromatic carbocycles. The highest BCUT2D eigenvalue weighted by molar-refractivity contribution is 6.31. The number of aryl methyl sites for hydroxylation is 3. The van der Waals surface area contributed by atoms with Gasteiger partial charge in [0.15, 0.2) is 0 Å². The van der Waals surface area contributed by atoms with Crippen molar-refractivity contribution in [2.75, 3.05) is 0 Å². The molecule has 0 heterocycles. The third-order valence-corrected chi connectivity index (χ3v) is 5.94. The van der Waals surface area contributed by atoms with Gasteiger partial charge in [0.05, 0.1) is 0 Å². The topological polar surface area (TPSA) is 0 Å². The van der Waals surface area contributed by atoms with Crippen molar-refractivity contribution in [2.45, 2.75) is 32.6 Å². The van der Waals surface area contributed by atoms with Crippen molar-refractivity contribution >= 4 is 22.4 Å². The van der Waals surface area contributed by atoms with Crippen LogP contribution < -0.4 is 0 Å². The molecule has 0 fully saturated rings. The van der Waals surface area contributed by atoms with Gasteiger partial charge in [-0.05, 0) is 59.0 Å². The second kappa shape index (κ2) is 9.15. The van der Waals surface area contributed by atoms with E-state index in [-0.39, 0.29) is 11.1 Å². The van der Waals surface area contributed by atoms with Crippen LogP contribution in [-0.4, -0.2) is 0 Å². The first-order valence-electron chi connectivity index (χ1n) is 10.4. The van der Waals surface area contributed by atoms with Gasteiger partial charge < -0.3 is 0 Å². The fourth-order valence-electron chi connectivity index (χ4n) is 3.88. The zero-order chi connectivity index (χ0) is 22.0. The Morgan fingerprint density at radius 2 is 1.26 bits per heavy atom. The minimum Gasteiger partial charge on any atom is -0.206 e. The zero-order valence-electron chi connectivity index (χ0n) is 17.2. The SMILES string of the molecule is CCCc1ccc(CCc2ccc3c(F)c(-c4cc(F)c(Cl)c(F)c4)ccc3c2)cc1. The molecular weight excluding hydrogens is 417 g/mol. The average Bonchev–Trinajstić information content (AvgIpc) is 2.77. The zero-order valence-corrected chi connectivity index (χ0v) is 17.9. The summed E-state index contributed by atoms with van der Waals surface area (Å²) in [5, 5.41) is 0.586. The highest BCUT2D eigenvalue weighted by atomic mass is 35.5. The maximum atomic E-state index is 15.1. The van der Waals surface area contributed by atoms with Gasteiger partial charge in [-0.2, -0.15) is 0 Å². The molecule has 0 nitrogen and oxygen atoms in total. The first-order chi connectivity index (χ1) is 15.0. The number of halogens is 4. The van der Waals surface area contributed by atoms with Crippen molar-refractivity contribution in [3.05, 3.63) is 106 Å². The Morgan fingerprint density at radius 1 is 0.677 bits per heavy atom. The third-order valence-electron chi connectivity index (χ3n) is 5.58. The fraction of sp³-hybridized carbons (Fsp3) is 0.185. The lowest BCUT2D eigenvalue weighted by atomic mass is 9.97. The fourth-order valence-corrected chi connectivity index (χ4v) is 3.99. The van der Waals surface area contributed by atoms with Crippen LogP contribution in [0.5, 0.6) is 0 Å². The Hall–Kier alpha value is -2.78. The molecule has 0 aliphatic heterocycles. The largest absolute Gasteiger partial charge is 0.206 e. The molecule has 0 unspecified atom stereocenters. The number of benzene rings is 4. The third kappa shape index (κ3) is 4.62. The Kier molecular flexibility index (Phi) is 6.33. The van der Waals surface area contributed by atoms with Gasteiger partial charge in [0.25, 0.3) is 0 Å². The number of fused-ring (bicyclic) bond motifs is 1. The van der Waals surface area contributed by atoms with E-state index in [0.29, 0.717) is 5.39 Å². The van der Waals surface area contributed by atoms with Gasteiger partial charge in [-0.25, -0.2) is 13.2 Å². The second-order valence-electron chi connectivity index (χ2n) is 7.80. The summed E-state index contributed by atoms with van der Waals surface area (Å²) >= 11 is 5.54. The molecule has 0 radical (unpaired) electrons. The number of rotatable bonds is 6. The molecule has 0 saturated heterocycles. The second-order valence-corrected chi connectivity index (χ2v) is 8.18. The molecule has 0 aliphatic carbocycles. The highest BCUT2D eigenvalue weighted by Crippen LogP contribution is 2.32. The molecule has 4 aromatic rings. The minimum atomic E-state index is -0.908. The molecule has 0 saturated carbocycles. The summed E-state index contributed by atoms with van der Waals surface area (Å²) in [6.45, 7) is 2.17. The molecule has 0 aliphatic rings.